The average Bonchev–Trinajstić information content (AvgIpc) is 2.64. The van der Waals surface area contributed by atoms with Gasteiger partial charge in [-0.25, -0.2) is 4.98 Å². The molecule has 0 radical (unpaired) electrons. The van der Waals surface area contributed by atoms with Gasteiger partial charge in [0.2, 0.25) is 0 Å². The number of aromatic nitrogens is 1. The molecular formula is C18H29N5OS. The van der Waals surface area contributed by atoms with Gasteiger partial charge in [-0.05, 0) is 50.5 Å². The highest BCUT2D eigenvalue weighted by Crippen LogP contribution is 2.23. The largest absolute Gasteiger partial charge is 0.379 e. The van der Waals surface area contributed by atoms with Gasteiger partial charge in [0.05, 0.1) is 25.1 Å². The second-order valence-electron chi connectivity index (χ2n) is 6.78. The summed E-state index contributed by atoms with van der Waals surface area (Å²) >= 11 is 5.38. The van der Waals surface area contributed by atoms with Gasteiger partial charge in [0.15, 0.2) is 5.11 Å². The maximum Gasteiger partial charge on any atom is 0.170 e. The second kappa shape index (κ2) is 9.31. The first-order valence-corrected chi connectivity index (χ1v) is 9.71. The van der Waals surface area contributed by atoms with Gasteiger partial charge in [0.1, 0.15) is 5.82 Å². The van der Waals surface area contributed by atoms with Gasteiger partial charge in [-0.2, -0.15) is 0 Å². The molecule has 1 aromatic rings. The number of hydrogen-bond acceptors (Lipinski definition) is 5. The molecule has 1 unspecified atom stereocenters. The topological polar surface area (TPSA) is 52.7 Å². The molecule has 2 saturated heterocycles. The summed E-state index contributed by atoms with van der Waals surface area (Å²) in [4.78, 5) is 9.39. The first-order chi connectivity index (χ1) is 12.2. The lowest BCUT2D eigenvalue weighted by Gasteiger charge is -2.34. The van der Waals surface area contributed by atoms with Gasteiger partial charge in [0, 0.05) is 38.8 Å². The lowest BCUT2D eigenvalue weighted by atomic mass is 10.0. The summed E-state index contributed by atoms with van der Waals surface area (Å²) in [6.45, 7) is 8.86. The Bertz CT molecular complexity index is 547. The Balaban J connectivity index is 1.42. The fraction of sp³-hybridized carbons (Fsp3) is 0.667. The number of hydrogen-bond donors (Lipinski definition) is 2. The summed E-state index contributed by atoms with van der Waals surface area (Å²) in [6.07, 6.45) is 5.69. The fourth-order valence-electron chi connectivity index (χ4n) is 3.40. The van der Waals surface area contributed by atoms with E-state index in [1.54, 1.807) is 0 Å². The summed E-state index contributed by atoms with van der Waals surface area (Å²) in [5, 5.41) is 7.13. The minimum atomic E-state index is 0.572. The summed E-state index contributed by atoms with van der Waals surface area (Å²) in [5.74, 6) is 1.06. The van der Waals surface area contributed by atoms with Crippen molar-refractivity contribution in [3.8, 4) is 0 Å². The van der Waals surface area contributed by atoms with Crippen molar-refractivity contribution in [3.05, 3.63) is 18.3 Å². The molecule has 0 amide bonds. The third kappa shape index (κ3) is 5.52. The molecule has 2 aliphatic rings. The number of ether oxygens (including phenoxy) is 1. The van der Waals surface area contributed by atoms with Crippen molar-refractivity contribution >= 4 is 28.8 Å². The van der Waals surface area contributed by atoms with Crippen molar-refractivity contribution in [2.75, 3.05) is 56.2 Å². The van der Waals surface area contributed by atoms with Crippen LogP contribution in [0.4, 0.5) is 11.5 Å². The van der Waals surface area contributed by atoms with Crippen molar-refractivity contribution in [1.29, 1.82) is 0 Å². The van der Waals surface area contributed by atoms with Crippen LogP contribution >= 0.6 is 12.2 Å². The maximum absolute atomic E-state index is 5.38. The average molecular weight is 364 g/mol. The van der Waals surface area contributed by atoms with Crippen molar-refractivity contribution < 1.29 is 4.74 Å². The molecule has 0 aromatic carbocycles. The van der Waals surface area contributed by atoms with Crippen LogP contribution in [0.5, 0.6) is 0 Å². The molecule has 0 saturated carbocycles. The van der Waals surface area contributed by atoms with Crippen molar-refractivity contribution in [3.63, 3.8) is 0 Å². The van der Waals surface area contributed by atoms with E-state index < -0.39 is 0 Å². The first-order valence-electron chi connectivity index (χ1n) is 9.30. The second-order valence-corrected chi connectivity index (χ2v) is 7.19. The van der Waals surface area contributed by atoms with Crippen molar-refractivity contribution in [1.82, 2.24) is 15.2 Å². The zero-order valence-electron chi connectivity index (χ0n) is 15.0. The van der Waals surface area contributed by atoms with Crippen molar-refractivity contribution in [2.45, 2.75) is 32.2 Å². The Kier molecular flexibility index (Phi) is 6.84. The highest BCUT2D eigenvalue weighted by molar-refractivity contribution is 7.80. The van der Waals surface area contributed by atoms with E-state index in [1.807, 2.05) is 6.20 Å². The van der Waals surface area contributed by atoms with Crippen LogP contribution in [0.25, 0.3) is 0 Å². The maximum atomic E-state index is 5.38. The lowest BCUT2D eigenvalue weighted by Crippen LogP contribution is -2.42. The van der Waals surface area contributed by atoms with E-state index in [4.69, 9.17) is 17.0 Å². The summed E-state index contributed by atoms with van der Waals surface area (Å²) in [5.41, 5.74) is 0.928. The normalized spacial score (nSPS) is 21.8. The first kappa shape index (κ1) is 18.4. The molecule has 0 spiro atoms. The van der Waals surface area contributed by atoms with Crippen LogP contribution in [0.15, 0.2) is 18.3 Å². The molecule has 0 aliphatic carbocycles. The molecule has 3 rings (SSSR count). The Labute approximate surface area is 155 Å². The van der Waals surface area contributed by atoms with Gasteiger partial charge in [-0.3, -0.25) is 4.90 Å². The number of piperidine rings is 1. The third-order valence-electron chi connectivity index (χ3n) is 4.92. The molecule has 2 fully saturated rings. The number of thiocarbonyl (C=S) groups is 1. The van der Waals surface area contributed by atoms with E-state index in [-0.39, 0.29) is 0 Å². The lowest BCUT2D eigenvalue weighted by molar-refractivity contribution is 0.0389. The van der Waals surface area contributed by atoms with E-state index in [0.29, 0.717) is 11.2 Å². The summed E-state index contributed by atoms with van der Waals surface area (Å²) in [7, 11) is 0. The van der Waals surface area contributed by atoms with Crippen LogP contribution in [0.2, 0.25) is 0 Å². The summed E-state index contributed by atoms with van der Waals surface area (Å²) in [6, 6.07) is 4.71. The molecule has 0 bridgehead atoms. The van der Waals surface area contributed by atoms with Crippen LogP contribution in [0.1, 0.15) is 26.2 Å². The number of morpholine rings is 1. The van der Waals surface area contributed by atoms with Crippen LogP contribution in [-0.4, -0.2) is 67.0 Å². The van der Waals surface area contributed by atoms with E-state index in [1.165, 1.54) is 19.3 Å². The smallest absolute Gasteiger partial charge is 0.170 e. The number of rotatable bonds is 5. The van der Waals surface area contributed by atoms with E-state index in [2.05, 4.69) is 44.5 Å². The molecule has 7 heteroatoms. The molecule has 1 aromatic heterocycles. The van der Waals surface area contributed by atoms with Crippen LogP contribution in [0, 0.1) is 0 Å². The SMILES string of the molecule is CC1CCCCN1c1ccc(NC(=S)NCCN2CCOCC2)cn1. The number of nitrogens with one attached hydrogen (secondary N) is 2. The molecule has 138 valence electrons. The molecular weight excluding hydrogens is 334 g/mol. The zero-order valence-corrected chi connectivity index (χ0v) is 15.9. The Morgan fingerprint density at radius 3 is 2.84 bits per heavy atom. The number of pyridine rings is 1. The zero-order chi connectivity index (χ0) is 17.5. The molecule has 6 nitrogen and oxygen atoms in total. The van der Waals surface area contributed by atoms with Crippen LogP contribution in [0.3, 0.4) is 0 Å². The highest BCUT2D eigenvalue weighted by atomic mass is 32.1. The Morgan fingerprint density at radius 1 is 1.28 bits per heavy atom. The molecule has 2 N–H and O–H groups in total. The monoisotopic (exact) mass is 363 g/mol. The minimum Gasteiger partial charge on any atom is -0.379 e. The third-order valence-corrected chi connectivity index (χ3v) is 5.17. The summed E-state index contributed by atoms with van der Waals surface area (Å²) < 4.78 is 5.36. The Hall–Kier alpha value is -1.44. The van der Waals surface area contributed by atoms with Gasteiger partial charge >= 0.3 is 0 Å². The number of nitrogens with zero attached hydrogens (tertiary/aromatic N) is 3. The van der Waals surface area contributed by atoms with Gasteiger partial charge in [-0.1, -0.05) is 0 Å². The molecule has 1 atom stereocenters. The fourth-order valence-corrected chi connectivity index (χ4v) is 3.62. The Morgan fingerprint density at radius 2 is 2.12 bits per heavy atom. The molecule has 25 heavy (non-hydrogen) atoms. The van der Waals surface area contributed by atoms with Crippen molar-refractivity contribution in [2.24, 2.45) is 0 Å². The quantitative estimate of drug-likeness (QED) is 0.777. The molecule has 2 aliphatic heterocycles. The molecule has 3 heterocycles. The van der Waals surface area contributed by atoms with E-state index in [0.717, 1.165) is 57.4 Å². The minimum absolute atomic E-state index is 0.572. The van der Waals surface area contributed by atoms with Gasteiger partial charge < -0.3 is 20.3 Å². The standard InChI is InChI=1S/C18H29N5OS/c1-15-4-2-3-8-23(15)17-6-5-16(14-20-17)21-18(25)19-7-9-22-10-12-24-13-11-22/h5-6,14-15H,2-4,7-13H2,1H3,(H2,19,21,25). The van der Waals surface area contributed by atoms with Crippen LogP contribution in [-0.2, 0) is 4.74 Å². The highest BCUT2D eigenvalue weighted by Gasteiger charge is 2.19. The number of anilines is 2. The van der Waals surface area contributed by atoms with E-state index in [9.17, 15) is 0 Å². The van der Waals surface area contributed by atoms with E-state index >= 15 is 0 Å². The van der Waals surface area contributed by atoms with Gasteiger partial charge in [-0.15, -0.1) is 0 Å². The predicted molar refractivity (Wildman–Crippen MR) is 106 cm³/mol. The predicted octanol–water partition coefficient (Wildman–Crippen LogP) is 2.08. The van der Waals surface area contributed by atoms with Crippen LogP contribution < -0.4 is 15.5 Å². The van der Waals surface area contributed by atoms with Gasteiger partial charge in [0.25, 0.3) is 0 Å².